The average molecular weight is 713 g/mol. The summed E-state index contributed by atoms with van der Waals surface area (Å²) in [5.74, 6) is 0.587. The summed E-state index contributed by atoms with van der Waals surface area (Å²) in [7, 11) is 0. The van der Waals surface area contributed by atoms with Gasteiger partial charge in [-0.2, -0.15) is 0 Å². The Morgan fingerprint density at radius 2 is 0.857 bits per heavy atom. The van der Waals surface area contributed by atoms with Crippen LogP contribution in [0.15, 0.2) is 206 Å². The molecule has 2 aliphatic carbocycles. The van der Waals surface area contributed by atoms with E-state index in [0.29, 0.717) is 5.92 Å². The second-order valence-electron chi connectivity index (χ2n) is 15.3. The van der Waals surface area contributed by atoms with Crippen LogP contribution >= 0.6 is 0 Å². The van der Waals surface area contributed by atoms with E-state index in [2.05, 4.69) is 215 Å². The van der Waals surface area contributed by atoms with E-state index in [9.17, 15) is 0 Å². The first-order valence-corrected chi connectivity index (χ1v) is 19.6. The van der Waals surface area contributed by atoms with E-state index in [-0.39, 0.29) is 5.92 Å². The summed E-state index contributed by atoms with van der Waals surface area (Å²) in [6.07, 6.45) is 7.30. The third-order valence-corrected chi connectivity index (χ3v) is 12.3. The van der Waals surface area contributed by atoms with Gasteiger partial charge in [-0.3, -0.25) is 0 Å². The number of hydrogen-bond donors (Lipinski definition) is 0. The fourth-order valence-corrected chi connectivity index (χ4v) is 9.78. The summed E-state index contributed by atoms with van der Waals surface area (Å²) in [5, 5.41) is 5.05. The van der Waals surface area contributed by atoms with E-state index in [1.165, 1.54) is 93.8 Å². The topological polar surface area (TPSA) is 9.86 Å². The highest BCUT2D eigenvalue weighted by Crippen LogP contribution is 2.51. The lowest BCUT2D eigenvalue weighted by atomic mass is 9.70. The maximum absolute atomic E-state index is 2.51. The van der Waals surface area contributed by atoms with Crippen LogP contribution < -0.4 is 0 Å². The van der Waals surface area contributed by atoms with Crippen LogP contribution in [0, 0.1) is 0 Å². The van der Waals surface area contributed by atoms with Crippen LogP contribution in [0.1, 0.15) is 23.0 Å². The molecule has 2 heterocycles. The highest BCUT2D eigenvalue weighted by atomic mass is 15.0. The molecule has 0 spiro atoms. The molecule has 10 aromatic rings. The summed E-state index contributed by atoms with van der Waals surface area (Å²) >= 11 is 0. The number of hydrogen-bond acceptors (Lipinski definition) is 0. The normalized spacial score (nSPS) is 15.9. The first-order chi connectivity index (χ1) is 27.8. The van der Waals surface area contributed by atoms with Crippen LogP contribution in [-0.4, -0.2) is 9.13 Å². The fraction of sp³-hybridized carbons (Fsp3) is 0.0370. The summed E-state index contributed by atoms with van der Waals surface area (Å²) in [6.45, 7) is 0. The van der Waals surface area contributed by atoms with Crippen molar-refractivity contribution < 1.29 is 0 Å². The molecule has 0 saturated heterocycles. The zero-order chi connectivity index (χ0) is 36.7. The lowest BCUT2D eigenvalue weighted by molar-refractivity contribution is 0.719. The van der Waals surface area contributed by atoms with Crippen molar-refractivity contribution in [2.75, 3.05) is 0 Å². The second kappa shape index (κ2) is 12.2. The summed E-state index contributed by atoms with van der Waals surface area (Å²) < 4.78 is 4.89. The summed E-state index contributed by atoms with van der Waals surface area (Å²) in [5.41, 5.74) is 17.7. The molecule has 2 aromatic heterocycles. The van der Waals surface area contributed by atoms with Gasteiger partial charge in [0.2, 0.25) is 0 Å². The number of aromatic nitrogens is 2. The highest BCUT2D eigenvalue weighted by molar-refractivity contribution is 6.13. The monoisotopic (exact) mass is 712 g/mol. The van der Waals surface area contributed by atoms with Gasteiger partial charge in [0.25, 0.3) is 0 Å². The van der Waals surface area contributed by atoms with Crippen LogP contribution in [0.2, 0.25) is 0 Å². The van der Waals surface area contributed by atoms with E-state index in [0.717, 1.165) is 5.69 Å². The molecule has 12 rings (SSSR count). The standard InChI is InChI=1S/C54H36N2/c1-2-13-35(14-3-1)36-15-12-16-39(31-36)55-51-23-10-8-21-46(51)49-32-37(25-29-53(49)55)38-26-30-54-50(33-38)47-22-9-11-24-52(47)56(54)40-27-28-45-43-19-5-4-17-41(43)42-18-6-7-20-44(42)48(45)34-40/h1-34,45,48H. The molecule has 0 aliphatic heterocycles. The van der Waals surface area contributed by atoms with E-state index in [1.807, 2.05) is 0 Å². The van der Waals surface area contributed by atoms with Gasteiger partial charge in [0.05, 0.1) is 22.1 Å². The average Bonchev–Trinajstić information content (AvgIpc) is 3.79. The lowest BCUT2D eigenvalue weighted by Crippen LogP contribution is -2.18. The van der Waals surface area contributed by atoms with E-state index < -0.39 is 0 Å². The van der Waals surface area contributed by atoms with Gasteiger partial charge < -0.3 is 9.13 Å². The quantitative estimate of drug-likeness (QED) is 0.172. The Bertz CT molecular complexity index is 3260. The molecule has 0 radical (unpaired) electrons. The Labute approximate surface area is 325 Å². The third-order valence-electron chi connectivity index (χ3n) is 12.3. The molecular weight excluding hydrogens is 677 g/mol. The van der Waals surface area contributed by atoms with E-state index >= 15 is 0 Å². The predicted octanol–water partition coefficient (Wildman–Crippen LogP) is 14.2. The van der Waals surface area contributed by atoms with Gasteiger partial charge >= 0.3 is 0 Å². The van der Waals surface area contributed by atoms with Crippen LogP contribution in [0.25, 0.3) is 88.4 Å². The van der Waals surface area contributed by atoms with Crippen molar-refractivity contribution in [3.05, 3.63) is 217 Å². The Morgan fingerprint density at radius 3 is 1.55 bits per heavy atom. The number of nitrogens with zero attached hydrogens (tertiary/aromatic N) is 2. The van der Waals surface area contributed by atoms with Crippen molar-refractivity contribution in [3.63, 3.8) is 0 Å². The number of fused-ring (bicyclic) bond motifs is 12. The minimum atomic E-state index is 0.270. The minimum absolute atomic E-state index is 0.270. The van der Waals surface area contributed by atoms with Gasteiger partial charge in [-0.1, -0.05) is 152 Å². The van der Waals surface area contributed by atoms with Gasteiger partial charge in [-0.25, -0.2) is 0 Å². The fourth-order valence-electron chi connectivity index (χ4n) is 9.78. The van der Waals surface area contributed by atoms with Crippen molar-refractivity contribution in [2.45, 2.75) is 11.8 Å². The van der Waals surface area contributed by atoms with Crippen LogP contribution in [-0.2, 0) is 0 Å². The molecule has 0 fully saturated rings. The molecule has 2 unspecified atom stereocenters. The van der Waals surface area contributed by atoms with Gasteiger partial charge in [0.1, 0.15) is 0 Å². The highest BCUT2D eigenvalue weighted by Gasteiger charge is 2.33. The second-order valence-corrected chi connectivity index (χ2v) is 15.3. The van der Waals surface area contributed by atoms with Crippen LogP contribution in [0.3, 0.4) is 0 Å². The molecule has 2 aliphatic rings. The summed E-state index contributed by atoms with van der Waals surface area (Å²) in [4.78, 5) is 0. The Balaban J connectivity index is 0.987. The number of allylic oxidation sites excluding steroid dienone is 4. The Kier molecular flexibility index (Phi) is 6.79. The van der Waals surface area contributed by atoms with Gasteiger partial charge in [-0.15, -0.1) is 0 Å². The molecule has 56 heavy (non-hydrogen) atoms. The van der Waals surface area contributed by atoms with Crippen molar-refractivity contribution in [1.29, 1.82) is 0 Å². The SMILES string of the molecule is C1=CC2c3ccccc3-c3ccccc3C2C=C1n1c2ccccc2c2cc(-c3ccc4c(c3)c3ccccc3n4-c3cccc(-c4ccccc4)c3)ccc21. The maximum atomic E-state index is 2.51. The molecule has 8 aromatic carbocycles. The molecule has 0 amide bonds. The molecule has 2 nitrogen and oxygen atoms in total. The van der Waals surface area contributed by atoms with Crippen molar-refractivity contribution in [3.8, 4) is 39.1 Å². The third kappa shape index (κ3) is 4.63. The number of rotatable bonds is 4. The molecule has 2 heteroatoms. The first kappa shape index (κ1) is 31.2. The molecule has 262 valence electrons. The maximum Gasteiger partial charge on any atom is 0.0541 e. The minimum Gasteiger partial charge on any atom is -0.310 e. The molecular formula is C54H36N2. The van der Waals surface area contributed by atoms with Crippen molar-refractivity contribution >= 4 is 49.3 Å². The zero-order valence-electron chi connectivity index (χ0n) is 30.7. The van der Waals surface area contributed by atoms with Crippen molar-refractivity contribution in [1.82, 2.24) is 9.13 Å². The van der Waals surface area contributed by atoms with Crippen LogP contribution in [0.4, 0.5) is 0 Å². The molecule has 0 saturated carbocycles. The Hall–Kier alpha value is -7.16. The molecule has 0 N–H and O–H groups in total. The first-order valence-electron chi connectivity index (χ1n) is 19.6. The lowest BCUT2D eigenvalue weighted by Gasteiger charge is -2.35. The number of benzene rings is 8. The van der Waals surface area contributed by atoms with Crippen LogP contribution in [0.5, 0.6) is 0 Å². The predicted molar refractivity (Wildman–Crippen MR) is 235 cm³/mol. The largest absolute Gasteiger partial charge is 0.310 e. The zero-order valence-corrected chi connectivity index (χ0v) is 30.7. The van der Waals surface area contributed by atoms with Crippen molar-refractivity contribution in [2.24, 2.45) is 0 Å². The smallest absolute Gasteiger partial charge is 0.0541 e. The Morgan fingerprint density at radius 1 is 0.339 bits per heavy atom. The van der Waals surface area contributed by atoms with Gasteiger partial charge in [0, 0.05) is 44.8 Å². The van der Waals surface area contributed by atoms with Gasteiger partial charge in [0.15, 0.2) is 0 Å². The molecule has 2 atom stereocenters. The molecule has 0 bridgehead atoms. The number of para-hydroxylation sites is 2. The van der Waals surface area contributed by atoms with Gasteiger partial charge in [-0.05, 0) is 99.1 Å². The summed E-state index contributed by atoms with van der Waals surface area (Å²) in [6, 6.07) is 69.2. The van der Waals surface area contributed by atoms with E-state index in [4.69, 9.17) is 0 Å². The van der Waals surface area contributed by atoms with E-state index in [1.54, 1.807) is 0 Å².